The van der Waals surface area contributed by atoms with Crippen molar-refractivity contribution in [3.8, 4) is 0 Å². The minimum absolute atomic E-state index is 0.105. The second-order valence-corrected chi connectivity index (χ2v) is 7.10. The fourth-order valence-electron chi connectivity index (χ4n) is 1.60. The van der Waals surface area contributed by atoms with Crippen molar-refractivity contribution in [3.05, 3.63) is 0 Å². The van der Waals surface area contributed by atoms with Crippen molar-refractivity contribution in [1.29, 1.82) is 0 Å². The summed E-state index contributed by atoms with van der Waals surface area (Å²) in [6.45, 7) is 7.25. The van der Waals surface area contributed by atoms with Gasteiger partial charge in [0.15, 0.2) is 6.23 Å². The van der Waals surface area contributed by atoms with Crippen LogP contribution >= 0.6 is 0 Å². The van der Waals surface area contributed by atoms with Crippen molar-refractivity contribution in [2.45, 2.75) is 52.4 Å². The molecule has 1 fully saturated rings. The molecule has 0 N–H and O–H groups in total. The Morgan fingerprint density at radius 3 is 2.50 bits per heavy atom. The molecule has 1 saturated heterocycles. The molecule has 1 amide bonds. The van der Waals surface area contributed by atoms with Crippen LogP contribution in [0.15, 0.2) is 0 Å². The van der Waals surface area contributed by atoms with E-state index >= 15 is 0 Å². The summed E-state index contributed by atoms with van der Waals surface area (Å²) in [4.78, 5) is 13.2. The zero-order valence-corrected chi connectivity index (χ0v) is 12.1. The summed E-state index contributed by atoms with van der Waals surface area (Å²) in [5.74, 6) is -0.105. The SMILES string of the molecule is CCS(=O)(=O)O[C@H]1CCCN1C(=O)OC(C)(C)C. The molecule has 106 valence electrons. The maximum absolute atomic E-state index is 11.9. The van der Waals surface area contributed by atoms with E-state index in [1.54, 1.807) is 20.8 Å². The van der Waals surface area contributed by atoms with Crippen molar-refractivity contribution in [3.63, 3.8) is 0 Å². The first-order chi connectivity index (χ1) is 8.14. The first-order valence-electron chi connectivity index (χ1n) is 6.05. The number of nitrogens with zero attached hydrogens (tertiary/aromatic N) is 1. The summed E-state index contributed by atoms with van der Waals surface area (Å²) >= 11 is 0. The summed E-state index contributed by atoms with van der Waals surface area (Å²) in [6, 6.07) is 0. The molecule has 1 aliphatic heterocycles. The molecule has 1 atom stereocenters. The van der Waals surface area contributed by atoms with Crippen LogP contribution in [0.3, 0.4) is 0 Å². The zero-order valence-electron chi connectivity index (χ0n) is 11.3. The van der Waals surface area contributed by atoms with E-state index in [0.717, 1.165) is 0 Å². The summed E-state index contributed by atoms with van der Waals surface area (Å²) in [7, 11) is -3.56. The van der Waals surface area contributed by atoms with Crippen LogP contribution in [-0.2, 0) is 19.0 Å². The standard InChI is InChI=1S/C11H21NO5S/c1-5-18(14,15)17-9-7-6-8-12(9)10(13)16-11(2,3)4/h9H,5-8H2,1-4H3/t9-/m0/s1. The van der Waals surface area contributed by atoms with Crippen molar-refractivity contribution in [2.24, 2.45) is 0 Å². The average molecular weight is 279 g/mol. The Balaban J connectivity index is 2.68. The number of carbonyl (C=O) groups is 1. The molecule has 0 saturated carbocycles. The Morgan fingerprint density at radius 1 is 1.39 bits per heavy atom. The van der Waals surface area contributed by atoms with Gasteiger partial charge in [-0.3, -0.25) is 4.90 Å². The maximum Gasteiger partial charge on any atom is 0.412 e. The molecular formula is C11H21NO5S. The summed E-state index contributed by atoms with van der Waals surface area (Å²) in [6.07, 6.45) is -0.0390. The van der Waals surface area contributed by atoms with Gasteiger partial charge in [0.1, 0.15) is 5.60 Å². The van der Waals surface area contributed by atoms with Crippen LogP contribution in [0.4, 0.5) is 4.79 Å². The molecule has 0 unspecified atom stereocenters. The van der Waals surface area contributed by atoms with Gasteiger partial charge in [0, 0.05) is 6.54 Å². The average Bonchev–Trinajstić information content (AvgIpc) is 2.62. The van der Waals surface area contributed by atoms with Crippen LogP contribution in [-0.4, -0.2) is 43.5 Å². The van der Waals surface area contributed by atoms with Gasteiger partial charge in [-0.1, -0.05) is 0 Å². The topological polar surface area (TPSA) is 72.9 Å². The lowest BCUT2D eigenvalue weighted by Crippen LogP contribution is -2.41. The van der Waals surface area contributed by atoms with Crippen LogP contribution < -0.4 is 0 Å². The zero-order chi connectivity index (χ0) is 14.0. The van der Waals surface area contributed by atoms with Gasteiger partial charge >= 0.3 is 6.09 Å². The van der Waals surface area contributed by atoms with Crippen LogP contribution in [0.5, 0.6) is 0 Å². The van der Waals surface area contributed by atoms with E-state index in [4.69, 9.17) is 8.92 Å². The Morgan fingerprint density at radius 2 is 2.00 bits per heavy atom. The molecule has 0 aromatic carbocycles. The third-order valence-corrected chi connectivity index (χ3v) is 3.66. The van der Waals surface area contributed by atoms with Crippen molar-refractivity contribution >= 4 is 16.2 Å². The molecule has 0 aliphatic carbocycles. The summed E-state index contributed by atoms with van der Waals surface area (Å²) < 4.78 is 33.0. The molecule has 0 aromatic heterocycles. The van der Waals surface area contributed by atoms with E-state index in [1.807, 2.05) is 0 Å². The number of hydrogen-bond donors (Lipinski definition) is 0. The number of rotatable bonds is 3. The Labute approximate surface area is 108 Å². The second-order valence-electron chi connectivity index (χ2n) is 5.21. The van der Waals surface area contributed by atoms with E-state index in [9.17, 15) is 13.2 Å². The highest BCUT2D eigenvalue weighted by atomic mass is 32.2. The van der Waals surface area contributed by atoms with Crippen LogP contribution in [0.1, 0.15) is 40.5 Å². The minimum Gasteiger partial charge on any atom is -0.444 e. The third kappa shape index (κ3) is 4.45. The van der Waals surface area contributed by atoms with Gasteiger partial charge < -0.3 is 4.74 Å². The predicted molar refractivity (Wildman–Crippen MR) is 66.5 cm³/mol. The van der Waals surface area contributed by atoms with E-state index in [-0.39, 0.29) is 5.75 Å². The molecule has 7 heteroatoms. The predicted octanol–water partition coefficient (Wildman–Crippen LogP) is 1.71. The van der Waals surface area contributed by atoms with E-state index in [1.165, 1.54) is 11.8 Å². The van der Waals surface area contributed by atoms with Crippen LogP contribution in [0.25, 0.3) is 0 Å². The fraction of sp³-hybridized carbons (Fsp3) is 0.909. The number of carbonyl (C=O) groups excluding carboxylic acids is 1. The van der Waals surface area contributed by atoms with Crippen molar-refractivity contribution in [1.82, 2.24) is 4.90 Å². The van der Waals surface area contributed by atoms with Gasteiger partial charge in [0.05, 0.1) is 5.75 Å². The van der Waals surface area contributed by atoms with E-state index in [0.29, 0.717) is 19.4 Å². The minimum atomic E-state index is -3.56. The quantitative estimate of drug-likeness (QED) is 0.735. The summed E-state index contributed by atoms with van der Waals surface area (Å²) in [5.41, 5.74) is -0.603. The molecule has 0 aromatic rings. The second kappa shape index (κ2) is 5.44. The Hall–Kier alpha value is -0.820. The summed E-state index contributed by atoms with van der Waals surface area (Å²) in [5, 5.41) is 0. The third-order valence-electron chi connectivity index (χ3n) is 2.44. The van der Waals surface area contributed by atoms with Gasteiger partial charge in [0.25, 0.3) is 10.1 Å². The molecule has 0 bridgehead atoms. The first kappa shape index (κ1) is 15.2. The molecule has 0 radical (unpaired) electrons. The van der Waals surface area contributed by atoms with Crippen LogP contribution in [0, 0.1) is 0 Å². The highest BCUT2D eigenvalue weighted by molar-refractivity contribution is 7.86. The lowest BCUT2D eigenvalue weighted by atomic mass is 10.2. The van der Waals surface area contributed by atoms with E-state index < -0.39 is 28.0 Å². The smallest absolute Gasteiger partial charge is 0.412 e. The lowest BCUT2D eigenvalue weighted by molar-refractivity contribution is -0.00317. The van der Waals surface area contributed by atoms with Gasteiger partial charge in [-0.25, -0.2) is 8.98 Å². The Kier molecular flexibility index (Phi) is 4.61. The maximum atomic E-state index is 11.9. The van der Waals surface area contributed by atoms with E-state index in [2.05, 4.69) is 0 Å². The van der Waals surface area contributed by atoms with Gasteiger partial charge in [-0.2, -0.15) is 8.42 Å². The highest BCUT2D eigenvalue weighted by Crippen LogP contribution is 2.23. The van der Waals surface area contributed by atoms with Gasteiger partial charge in [0.2, 0.25) is 0 Å². The monoisotopic (exact) mass is 279 g/mol. The normalized spacial score (nSPS) is 21.1. The van der Waals surface area contributed by atoms with Gasteiger partial charge in [-0.05, 0) is 40.5 Å². The van der Waals surface area contributed by atoms with Gasteiger partial charge in [-0.15, -0.1) is 0 Å². The lowest BCUT2D eigenvalue weighted by Gasteiger charge is -2.27. The van der Waals surface area contributed by atoms with Crippen molar-refractivity contribution in [2.75, 3.05) is 12.3 Å². The largest absolute Gasteiger partial charge is 0.444 e. The molecule has 6 nitrogen and oxygen atoms in total. The number of amides is 1. The molecule has 0 spiro atoms. The number of hydrogen-bond acceptors (Lipinski definition) is 5. The molecule has 1 aliphatic rings. The number of ether oxygens (including phenoxy) is 1. The highest BCUT2D eigenvalue weighted by Gasteiger charge is 2.35. The van der Waals surface area contributed by atoms with Crippen LogP contribution in [0.2, 0.25) is 0 Å². The molecule has 18 heavy (non-hydrogen) atoms. The fourth-order valence-corrected chi connectivity index (χ4v) is 2.28. The molecule has 1 rings (SSSR count). The van der Waals surface area contributed by atoms with Crippen molar-refractivity contribution < 1.29 is 22.1 Å². The first-order valence-corrected chi connectivity index (χ1v) is 7.63. The number of likely N-dealkylation sites (tertiary alicyclic amines) is 1. The molecule has 1 heterocycles. The molecular weight excluding hydrogens is 258 g/mol. The Bertz CT molecular complexity index is 398.